The van der Waals surface area contributed by atoms with Crippen LogP contribution in [0.5, 0.6) is 0 Å². The molecule has 0 spiro atoms. The van der Waals surface area contributed by atoms with E-state index in [1.54, 1.807) is 0 Å². The van der Waals surface area contributed by atoms with Gasteiger partial charge in [-0.15, -0.1) is 0 Å². The number of ketones is 1. The number of benzene rings is 1. The van der Waals surface area contributed by atoms with Crippen LogP contribution in [0.3, 0.4) is 0 Å². The van der Waals surface area contributed by atoms with Crippen LogP contribution < -0.4 is 0 Å². The smallest absolute Gasteiger partial charge is 0.133 e. The summed E-state index contributed by atoms with van der Waals surface area (Å²) in [7, 11) is 0. The molecule has 20 heavy (non-hydrogen) atoms. The molecule has 3 rings (SSSR count). The van der Waals surface area contributed by atoms with Gasteiger partial charge in [-0.1, -0.05) is 49.9 Å². The zero-order chi connectivity index (χ0) is 13.8. The van der Waals surface area contributed by atoms with Gasteiger partial charge in [0.1, 0.15) is 5.78 Å². The zero-order valence-electron chi connectivity index (χ0n) is 12.4. The average molecular weight is 270 g/mol. The van der Waals surface area contributed by atoms with E-state index < -0.39 is 0 Å². The van der Waals surface area contributed by atoms with Gasteiger partial charge in [-0.25, -0.2) is 0 Å². The largest absolute Gasteiger partial charge is 0.300 e. The molecule has 0 saturated heterocycles. The van der Waals surface area contributed by atoms with Gasteiger partial charge in [0.25, 0.3) is 0 Å². The van der Waals surface area contributed by atoms with Crippen molar-refractivity contribution in [3.05, 3.63) is 35.4 Å². The van der Waals surface area contributed by atoms with Crippen molar-refractivity contribution in [2.75, 3.05) is 0 Å². The topological polar surface area (TPSA) is 17.1 Å². The van der Waals surface area contributed by atoms with Crippen LogP contribution in [0.2, 0.25) is 0 Å². The van der Waals surface area contributed by atoms with Crippen LogP contribution in [0.4, 0.5) is 0 Å². The highest BCUT2D eigenvalue weighted by molar-refractivity contribution is 5.79. The zero-order valence-corrected chi connectivity index (χ0v) is 12.4. The molecule has 0 heterocycles. The first-order chi connectivity index (χ1) is 9.83. The van der Waals surface area contributed by atoms with Crippen molar-refractivity contribution < 1.29 is 4.79 Å². The molecule has 2 aliphatic rings. The molecule has 0 radical (unpaired) electrons. The number of hydrogen-bond donors (Lipinski definition) is 0. The van der Waals surface area contributed by atoms with Gasteiger partial charge in [0.2, 0.25) is 0 Å². The summed E-state index contributed by atoms with van der Waals surface area (Å²) in [6.07, 6.45) is 11.9. The van der Waals surface area contributed by atoms with Crippen molar-refractivity contribution in [3.8, 4) is 0 Å². The Morgan fingerprint density at radius 2 is 1.85 bits per heavy atom. The SMILES string of the molecule is O=C(CCC1CCCC1)CC1CCCc2ccccc21. The Labute approximate surface area is 122 Å². The molecular weight excluding hydrogens is 244 g/mol. The number of Topliss-reactive ketones (excluding diaryl/α,β-unsaturated/α-hetero) is 1. The van der Waals surface area contributed by atoms with Crippen molar-refractivity contribution in [2.24, 2.45) is 5.92 Å². The first kappa shape index (κ1) is 13.9. The number of carbonyl (C=O) groups is 1. The number of hydrogen-bond acceptors (Lipinski definition) is 1. The normalized spacial score (nSPS) is 22.7. The third kappa shape index (κ3) is 3.31. The van der Waals surface area contributed by atoms with Gasteiger partial charge >= 0.3 is 0 Å². The number of aryl methyl sites for hydroxylation is 1. The lowest BCUT2D eigenvalue weighted by molar-refractivity contribution is -0.119. The molecule has 1 heteroatoms. The first-order valence-corrected chi connectivity index (χ1v) is 8.42. The van der Waals surface area contributed by atoms with Crippen molar-refractivity contribution in [1.29, 1.82) is 0 Å². The summed E-state index contributed by atoms with van der Waals surface area (Å²) in [6, 6.07) is 8.73. The highest BCUT2D eigenvalue weighted by Crippen LogP contribution is 2.35. The van der Waals surface area contributed by atoms with E-state index in [9.17, 15) is 4.79 Å². The summed E-state index contributed by atoms with van der Waals surface area (Å²) in [4.78, 5) is 12.3. The lowest BCUT2D eigenvalue weighted by Gasteiger charge is -2.25. The highest BCUT2D eigenvalue weighted by atomic mass is 16.1. The summed E-state index contributed by atoms with van der Waals surface area (Å²) >= 11 is 0. The second-order valence-electron chi connectivity index (χ2n) is 6.72. The molecule has 0 aromatic heterocycles. The quantitative estimate of drug-likeness (QED) is 0.733. The molecule has 0 bridgehead atoms. The van der Waals surface area contributed by atoms with E-state index in [1.165, 1.54) is 56.1 Å². The van der Waals surface area contributed by atoms with Crippen molar-refractivity contribution in [1.82, 2.24) is 0 Å². The van der Waals surface area contributed by atoms with Gasteiger partial charge in [0, 0.05) is 12.8 Å². The standard InChI is InChI=1S/C19H26O/c20-18(13-12-15-6-1-2-7-15)14-17-10-5-9-16-8-3-4-11-19(16)17/h3-4,8,11,15,17H,1-2,5-7,9-10,12-14H2. The average Bonchev–Trinajstić information content (AvgIpc) is 2.99. The van der Waals surface area contributed by atoms with E-state index >= 15 is 0 Å². The molecule has 0 aliphatic heterocycles. The van der Waals surface area contributed by atoms with E-state index in [-0.39, 0.29) is 0 Å². The second kappa shape index (κ2) is 6.56. The minimum atomic E-state index is 0.496. The maximum Gasteiger partial charge on any atom is 0.133 e. The van der Waals surface area contributed by atoms with Crippen LogP contribution in [0.15, 0.2) is 24.3 Å². The molecule has 108 valence electrons. The number of carbonyl (C=O) groups excluding carboxylic acids is 1. The van der Waals surface area contributed by atoms with E-state index in [0.717, 1.165) is 25.2 Å². The molecule has 0 N–H and O–H groups in total. The van der Waals surface area contributed by atoms with Gasteiger partial charge in [-0.05, 0) is 48.6 Å². The van der Waals surface area contributed by atoms with E-state index in [0.29, 0.717) is 11.7 Å². The van der Waals surface area contributed by atoms with Gasteiger partial charge in [0.15, 0.2) is 0 Å². The molecule has 1 nitrogen and oxygen atoms in total. The molecular formula is C19H26O. The van der Waals surface area contributed by atoms with Crippen LogP contribution in [0.1, 0.15) is 74.8 Å². The van der Waals surface area contributed by atoms with E-state index in [2.05, 4.69) is 24.3 Å². The predicted octanol–water partition coefficient (Wildman–Crippen LogP) is 5.04. The van der Waals surface area contributed by atoms with Crippen LogP contribution in [-0.2, 0) is 11.2 Å². The van der Waals surface area contributed by atoms with Gasteiger partial charge in [0.05, 0.1) is 0 Å². The van der Waals surface area contributed by atoms with E-state index in [1.807, 2.05) is 0 Å². The maximum atomic E-state index is 12.3. The van der Waals surface area contributed by atoms with Gasteiger partial charge in [-0.3, -0.25) is 4.79 Å². The Morgan fingerprint density at radius 3 is 2.70 bits per heavy atom. The first-order valence-electron chi connectivity index (χ1n) is 8.42. The van der Waals surface area contributed by atoms with E-state index in [4.69, 9.17) is 0 Å². The van der Waals surface area contributed by atoms with Crippen LogP contribution >= 0.6 is 0 Å². The summed E-state index contributed by atoms with van der Waals surface area (Å²) in [6.45, 7) is 0. The number of fused-ring (bicyclic) bond motifs is 1. The highest BCUT2D eigenvalue weighted by Gasteiger charge is 2.23. The molecule has 1 aromatic rings. The fourth-order valence-electron chi connectivity index (χ4n) is 4.11. The van der Waals surface area contributed by atoms with Crippen molar-refractivity contribution in [2.45, 2.75) is 70.1 Å². The van der Waals surface area contributed by atoms with Crippen molar-refractivity contribution in [3.63, 3.8) is 0 Å². The summed E-state index contributed by atoms with van der Waals surface area (Å²) < 4.78 is 0. The Hall–Kier alpha value is -1.11. The number of rotatable bonds is 5. The molecule has 1 saturated carbocycles. The Balaban J connectivity index is 1.54. The molecule has 1 unspecified atom stereocenters. The van der Waals surface area contributed by atoms with Crippen LogP contribution in [0, 0.1) is 5.92 Å². The fourth-order valence-corrected chi connectivity index (χ4v) is 4.11. The monoisotopic (exact) mass is 270 g/mol. The van der Waals surface area contributed by atoms with Crippen molar-refractivity contribution >= 4 is 5.78 Å². The molecule has 2 aliphatic carbocycles. The Kier molecular flexibility index (Phi) is 4.54. The Bertz CT molecular complexity index is 457. The lowest BCUT2D eigenvalue weighted by Crippen LogP contribution is -2.14. The van der Waals surface area contributed by atoms with Gasteiger partial charge in [-0.2, -0.15) is 0 Å². The van der Waals surface area contributed by atoms with Gasteiger partial charge < -0.3 is 0 Å². The molecule has 0 amide bonds. The predicted molar refractivity (Wildman–Crippen MR) is 82.9 cm³/mol. The third-order valence-corrected chi connectivity index (χ3v) is 5.27. The maximum absolute atomic E-state index is 12.3. The third-order valence-electron chi connectivity index (χ3n) is 5.27. The van der Waals surface area contributed by atoms with Crippen LogP contribution in [0.25, 0.3) is 0 Å². The minimum absolute atomic E-state index is 0.496. The molecule has 1 fully saturated rings. The summed E-state index contributed by atoms with van der Waals surface area (Å²) in [5.41, 5.74) is 2.93. The second-order valence-corrected chi connectivity index (χ2v) is 6.72. The molecule has 1 atom stereocenters. The minimum Gasteiger partial charge on any atom is -0.300 e. The Morgan fingerprint density at radius 1 is 1.05 bits per heavy atom. The lowest BCUT2D eigenvalue weighted by atomic mass is 9.79. The van der Waals surface area contributed by atoms with Crippen LogP contribution in [-0.4, -0.2) is 5.78 Å². The molecule has 1 aromatic carbocycles. The summed E-state index contributed by atoms with van der Waals surface area (Å²) in [5, 5.41) is 0. The summed E-state index contributed by atoms with van der Waals surface area (Å²) in [5.74, 6) is 1.84. The fraction of sp³-hybridized carbons (Fsp3) is 0.632.